The largest absolute Gasteiger partial charge is 0.443 e. The highest BCUT2D eigenvalue weighted by Crippen LogP contribution is 2.35. The van der Waals surface area contributed by atoms with Crippen LogP contribution in [0.15, 0.2) is 24.3 Å². The first-order chi connectivity index (χ1) is 16.3. The van der Waals surface area contributed by atoms with Gasteiger partial charge >= 0.3 is 18.3 Å². The molecule has 0 radical (unpaired) electrons. The molecule has 0 saturated heterocycles. The van der Waals surface area contributed by atoms with Crippen LogP contribution < -0.4 is 4.90 Å². The number of hydrogen-bond donors (Lipinski definition) is 0. The minimum atomic E-state index is -1.05. The zero-order valence-electron chi connectivity index (χ0n) is 21.9. The number of carbonyl (C=O) groups excluding carboxylic acids is 3. The minimum absolute atomic E-state index is 0.187. The zero-order valence-corrected chi connectivity index (χ0v) is 24.1. The summed E-state index contributed by atoms with van der Waals surface area (Å²) in [6, 6.07) is 8.53. The predicted octanol–water partition coefficient (Wildman–Crippen LogP) is 6.49. The van der Waals surface area contributed by atoms with Crippen LogP contribution in [0, 0.1) is 14.9 Å². The van der Waals surface area contributed by atoms with Crippen molar-refractivity contribution in [2.75, 3.05) is 4.90 Å². The van der Waals surface area contributed by atoms with Crippen molar-refractivity contribution in [3.8, 4) is 17.3 Å². The lowest BCUT2D eigenvalue weighted by Gasteiger charge is -2.29. The number of carbonyl (C=O) groups is 3. The van der Waals surface area contributed by atoms with Gasteiger partial charge in [0.25, 0.3) is 0 Å². The molecule has 0 aliphatic rings. The smallest absolute Gasteiger partial charge is 0.437 e. The van der Waals surface area contributed by atoms with E-state index in [0.29, 0.717) is 19.6 Å². The molecule has 0 atom stereocenters. The van der Waals surface area contributed by atoms with Crippen molar-refractivity contribution in [3.63, 3.8) is 0 Å². The second-order valence-corrected chi connectivity index (χ2v) is 11.9. The van der Waals surface area contributed by atoms with Crippen molar-refractivity contribution < 1.29 is 28.6 Å². The van der Waals surface area contributed by atoms with Gasteiger partial charge < -0.3 is 14.2 Å². The summed E-state index contributed by atoms with van der Waals surface area (Å²) in [5.74, 6) is -0.187. The van der Waals surface area contributed by atoms with Gasteiger partial charge in [-0.1, -0.05) is 12.1 Å². The van der Waals surface area contributed by atoms with Crippen LogP contribution in [0.1, 0.15) is 67.9 Å². The monoisotopic (exact) mass is 610 g/mol. The van der Waals surface area contributed by atoms with Crippen LogP contribution in [0.25, 0.3) is 11.3 Å². The number of halogens is 1. The van der Waals surface area contributed by atoms with Gasteiger partial charge in [-0.3, -0.25) is 0 Å². The van der Waals surface area contributed by atoms with Crippen LogP contribution in [0.5, 0.6) is 0 Å². The molecule has 36 heavy (non-hydrogen) atoms. The Kier molecular flexibility index (Phi) is 8.45. The van der Waals surface area contributed by atoms with E-state index in [1.807, 2.05) is 28.7 Å². The molecule has 0 spiro atoms. The average molecular weight is 610 g/mol. The molecule has 0 saturated carbocycles. The Morgan fingerprint density at radius 2 is 1.31 bits per heavy atom. The number of nitriles is 1. The predicted molar refractivity (Wildman–Crippen MR) is 142 cm³/mol. The Hall–Kier alpha value is -3.14. The van der Waals surface area contributed by atoms with E-state index in [1.54, 1.807) is 86.6 Å². The number of benzene rings is 1. The highest BCUT2D eigenvalue weighted by molar-refractivity contribution is 14.1. The number of anilines is 1. The molecule has 10 nitrogen and oxygen atoms in total. The molecule has 11 heteroatoms. The summed E-state index contributed by atoms with van der Waals surface area (Å²) in [6.45, 7) is 14.9. The Morgan fingerprint density at radius 3 is 1.69 bits per heavy atom. The second-order valence-electron chi connectivity index (χ2n) is 10.9. The van der Waals surface area contributed by atoms with E-state index in [0.717, 1.165) is 4.68 Å². The number of rotatable bonds is 2. The summed E-state index contributed by atoms with van der Waals surface area (Å²) in [4.78, 5) is 40.4. The van der Waals surface area contributed by atoms with Crippen LogP contribution >= 0.6 is 22.6 Å². The van der Waals surface area contributed by atoms with E-state index < -0.39 is 35.1 Å². The Balaban J connectivity index is 2.81. The van der Waals surface area contributed by atoms with Gasteiger partial charge in [0.05, 0.1) is 15.2 Å². The summed E-state index contributed by atoms with van der Waals surface area (Å²) in [6.07, 6.45) is -3.01. The first-order valence-corrected chi connectivity index (χ1v) is 12.2. The van der Waals surface area contributed by atoms with Crippen molar-refractivity contribution in [1.82, 2.24) is 9.78 Å². The molecular formula is C25H31IN4O6. The van der Waals surface area contributed by atoms with Crippen molar-refractivity contribution in [2.45, 2.75) is 79.1 Å². The van der Waals surface area contributed by atoms with Crippen molar-refractivity contribution in [3.05, 3.63) is 33.4 Å². The SMILES string of the molecule is CC(C)(C)OC(=O)N(C(=O)OC(C)(C)C)c1c(I)c(-c2ccc(C#N)cc2)nn1C(=O)OC(C)(C)C. The van der Waals surface area contributed by atoms with Gasteiger partial charge in [0.1, 0.15) is 22.5 Å². The third-order valence-corrected chi connectivity index (χ3v) is 5.02. The van der Waals surface area contributed by atoms with E-state index in [4.69, 9.17) is 19.5 Å². The fourth-order valence-corrected chi connectivity index (χ4v) is 3.65. The second kappa shape index (κ2) is 10.5. The van der Waals surface area contributed by atoms with Crippen LogP contribution in [0.4, 0.5) is 20.2 Å². The third kappa shape index (κ3) is 7.68. The molecule has 0 unspecified atom stereocenters. The van der Waals surface area contributed by atoms with Crippen LogP contribution in [-0.2, 0) is 14.2 Å². The highest BCUT2D eigenvalue weighted by atomic mass is 127. The molecule has 1 aromatic heterocycles. The molecule has 194 valence electrons. The maximum atomic E-state index is 13.3. The summed E-state index contributed by atoms with van der Waals surface area (Å²) in [5, 5.41) is 13.5. The minimum Gasteiger partial charge on any atom is -0.443 e. The summed E-state index contributed by atoms with van der Waals surface area (Å²) in [7, 11) is 0. The van der Waals surface area contributed by atoms with Gasteiger partial charge in [-0.15, -0.1) is 4.68 Å². The lowest BCUT2D eigenvalue weighted by molar-refractivity contribution is 0.0423. The van der Waals surface area contributed by atoms with Gasteiger partial charge in [0.2, 0.25) is 0 Å². The number of hydrogen-bond acceptors (Lipinski definition) is 8. The quantitative estimate of drug-likeness (QED) is 0.279. The van der Waals surface area contributed by atoms with Gasteiger partial charge in [0, 0.05) is 5.56 Å². The molecule has 2 amide bonds. The molecule has 1 heterocycles. The van der Waals surface area contributed by atoms with E-state index in [9.17, 15) is 14.4 Å². The van der Waals surface area contributed by atoms with Crippen molar-refractivity contribution >= 4 is 46.7 Å². The normalized spacial score (nSPS) is 11.9. The van der Waals surface area contributed by atoms with E-state index in [2.05, 4.69) is 5.10 Å². The molecule has 0 bridgehead atoms. The maximum Gasteiger partial charge on any atom is 0.437 e. The third-order valence-electron chi connectivity index (χ3n) is 4.02. The Morgan fingerprint density at radius 1 is 0.861 bits per heavy atom. The summed E-state index contributed by atoms with van der Waals surface area (Å²) >= 11 is 1.90. The number of ether oxygens (including phenoxy) is 3. The van der Waals surface area contributed by atoms with Gasteiger partial charge in [-0.05, 0) is 97.0 Å². The van der Waals surface area contributed by atoms with E-state index in [-0.39, 0.29) is 11.5 Å². The number of amides is 2. The summed E-state index contributed by atoms with van der Waals surface area (Å²) in [5.41, 5.74) is -1.51. The lowest BCUT2D eigenvalue weighted by atomic mass is 10.1. The number of nitrogens with zero attached hydrogens (tertiary/aromatic N) is 4. The van der Waals surface area contributed by atoms with Crippen LogP contribution in [0.3, 0.4) is 0 Å². The topological polar surface area (TPSA) is 124 Å². The molecule has 0 N–H and O–H groups in total. The molecular weight excluding hydrogens is 579 g/mol. The molecule has 0 aliphatic carbocycles. The molecule has 1 aromatic carbocycles. The fourth-order valence-electron chi connectivity index (χ4n) is 2.77. The molecule has 0 aliphatic heterocycles. The highest BCUT2D eigenvalue weighted by Gasteiger charge is 2.39. The Bertz CT molecular complexity index is 1160. The van der Waals surface area contributed by atoms with Crippen molar-refractivity contribution in [2.24, 2.45) is 0 Å². The average Bonchev–Trinajstić information content (AvgIpc) is 3.01. The van der Waals surface area contributed by atoms with Crippen molar-refractivity contribution in [1.29, 1.82) is 5.26 Å². The molecule has 2 aromatic rings. The number of aromatic nitrogens is 2. The van der Waals surface area contributed by atoms with Crippen LogP contribution in [0.2, 0.25) is 0 Å². The first kappa shape index (κ1) is 29.1. The molecule has 0 fully saturated rings. The lowest BCUT2D eigenvalue weighted by Crippen LogP contribution is -2.45. The zero-order chi connectivity index (χ0) is 27.6. The standard InChI is InChI=1S/C25H31IN4O6/c1-23(2,3)34-20(31)29(21(32)35-24(4,5)6)19-17(26)18(16-12-10-15(14-27)11-13-16)28-30(19)22(33)36-25(7,8)9/h10-13H,1-9H3. The Labute approximate surface area is 224 Å². The van der Waals surface area contributed by atoms with Gasteiger partial charge in [-0.25, -0.2) is 14.4 Å². The van der Waals surface area contributed by atoms with Crippen LogP contribution in [-0.4, -0.2) is 44.9 Å². The molecule has 2 rings (SSSR count). The van der Waals surface area contributed by atoms with E-state index in [1.165, 1.54) is 0 Å². The first-order valence-electron chi connectivity index (χ1n) is 11.1. The number of imide groups is 1. The van der Waals surface area contributed by atoms with Gasteiger partial charge in [-0.2, -0.15) is 15.3 Å². The maximum absolute atomic E-state index is 13.3. The van der Waals surface area contributed by atoms with Gasteiger partial charge in [0.15, 0.2) is 5.82 Å². The summed E-state index contributed by atoms with van der Waals surface area (Å²) < 4.78 is 17.6. The van der Waals surface area contributed by atoms with E-state index >= 15 is 0 Å². The fraction of sp³-hybridized carbons (Fsp3) is 0.480.